The lowest BCUT2D eigenvalue weighted by Crippen LogP contribution is -2.40. The number of methoxy groups -OCH3 is 2. The third kappa shape index (κ3) is 3.44. The highest BCUT2D eigenvalue weighted by Gasteiger charge is 2.45. The number of fused-ring (bicyclic) bond motifs is 2. The first kappa shape index (κ1) is 20.3. The van der Waals surface area contributed by atoms with Gasteiger partial charge in [-0.15, -0.1) is 0 Å². The minimum Gasteiger partial charge on any atom is -0.493 e. The van der Waals surface area contributed by atoms with Gasteiger partial charge in [-0.1, -0.05) is 18.2 Å². The molecular formula is C25H22N2O4S. The summed E-state index contributed by atoms with van der Waals surface area (Å²) in [5.41, 5.74) is 2.89. The molecule has 0 aliphatic carbocycles. The van der Waals surface area contributed by atoms with E-state index in [-0.39, 0.29) is 11.9 Å². The summed E-state index contributed by atoms with van der Waals surface area (Å²) in [6, 6.07) is 20.6. The van der Waals surface area contributed by atoms with Crippen LogP contribution < -0.4 is 19.1 Å². The van der Waals surface area contributed by atoms with E-state index in [9.17, 15) is 4.79 Å². The standard InChI is InChI=1S/C25H22N2O4S/c1-29-22-13-16-12-21-24(28)27(25(32)26(21)15-17(16)14-23(22)30-2)18-8-10-20(11-9-18)31-19-6-4-3-5-7-19/h3-11,13-14,21H,12,15H2,1-2H3/t21-/m0/s1. The predicted molar refractivity (Wildman–Crippen MR) is 126 cm³/mol. The molecule has 1 amide bonds. The van der Waals surface area contributed by atoms with Crippen LogP contribution in [0.25, 0.3) is 0 Å². The van der Waals surface area contributed by atoms with E-state index in [1.165, 1.54) is 0 Å². The summed E-state index contributed by atoms with van der Waals surface area (Å²) in [6.07, 6.45) is 0.570. The van der Waals surface area contributed by atoms with Crippen molar-refractivity contribution in [1.82, 2.24) is 4.90 Å². The zero-order valence-corrected chi connectivity index (χ0v) is 18.6. The number of nitrogens with zero attached hydrogens (tertiary/aromatic N) is 2. The lowest BCUT2D eigenvalue weighted by Gasteiger charge is -2.31. The molecule has 0 N–H and O–H groups in total. The van der Waals surface area contributed by atoms with Crippen LogP contribution in [0.1, 0.15) is 11.1 Å². The smallest absolute Gasteiger partial charge is 0.256 e. The first-order valence-electron chi connectivity index (χ1n) is 10.3. The first-order valence-corrected chi connectivity index (χ1v) is 10.7. The minimum atomic E-state index is -0.326. The van der Waals surface area contributed by atoms with Gasteiger partial charge in [0, 0.05) is 13.0 Å². The van der Waals surface area contributed by atoms with Gasteiger partial charge in [-0.2, -0.15) is 0 Å². The number of hydrogen-bond acceptors (Lipinski definition) is 5. The lowest BCUT2D eigenvalue weighted by molar-refractivity contribution is -0.120. The normalized spacial score (nSPS) is 17.1. The number of anilines is 1. The van der Waals surface area contributed by atoms with E-state index in [4.69, 9.17) is 26.4 Å². The van der Waals surface area contributed by atoms with Crippen molar-refractivity contribution < 1.29 is 19.0 Å². The molecule has 7 heteroatoms. The summed E-state index contributed by atoms with van der Waals surface area (Å²) >= 11 is 5.72. The molecule has 6 nitrogen and oxygen atoms in total. The van der Waals surface area contributed by atoms with Crippen molar-refractivity contribution in [1.29, 1.82) is 0 Å². The van der Waals surface area contributed by atoms with Gasteiger partial charge in [-0.25, -0.2) is 0 Å². The van der Waals surface area contributed by atoms with Crippen LogP contribution in [0.2, 0.25) is 0 Å². The lowest BCUT2D eigenvalue weighted by atomic mass is 9.94. The molecule has 1 saturated heterocycles. The molecule has 0 unspecified atom stereocenters. The number of carbonyl (C=O) groups excluding carboxylic acids is 1. The molecule has 2 heterocycles. The van der Waals surface area contributed by atoms with Gasteiger partial charge >= 0.3 is 0 Å². The molecule has 3 aromatic rings. The van der Waals surface area contributed by atoms with E-state index < -0.39 is 0 Å². The predicted octanol–water partition coefficient (Wildman–Crippen LogP) is 4.55. The van der Waals surface area contributed by atoms with Crippen LogP contribution in [0.15, 0.2) is 66.7 Å². The second kappa shape index (κ2) is 8.16. The Balaban J connectivity index is 1.39. The quantitative estimate of drug-likeness (QED) is 0.536. The number of carbonyl (C=O) groups is 1. The van der Waals surface area contributed by atoms with E-state index in [1.54, 1.807) is 19.1 Å². The fraction of sp³-hybridized carbons (Fsp3) is 0.200. The fourth-order valence-electron chi connectivity index (χ4n) is 4.23. The summed E-state index contributed by atoms with van der Waals surface area (Å²) in [5.74, 6) is 2.77. The highest BCUT2D eigenvalue weighted by molar-refractivity contribution is 7.80. The number of benzene rings is 3. The van der Waals surface area contributed by atoms with E-state index in [2.05, 4.69) is 0 Å². The Morgan fingerprint density at radius 3 is 2.16 bits per heavy atom. The molecule has 0 aromatic heterocycles. The van der Waals surface area contributed by atoms with Crippen LogP contribution in [-0.2, 0) is 17.8 Å². The number of ether oxygens (including phenoxy) is 3. The van der Waals surface area contributed by atoms with Crippen molar-refractivity contribution in [3.05, 3.63) is 77.9 Å². The number of rotatable bonds is 5. The summed E-state index contributed by atoms with van der Waals surface area (Å²) in [7, 11) is 3.23. The van der Waals surface area contributed by atoms with Crippen LogP contribution in [0.4, 0.5) is 5.69 Å². The maximum atomic E-state index is 13.3. The number of thiocarbonyl (C=S) groups is 1. The highest BCUT2D eigenvalue weighted by atomic mass is 32.1. The molecule has 2 aliphatic heterocycles. The minimum absolute atomic E-state index is 0.0211. The Morgan fingerprint density at radius 2 is 1.50 bits per heavy atom. The molecule has 0 spiro atoms. The summed E-state index contributed by atoms with van der Waals surface area (Å²) in [4.78, 5) is 16.9. The monoisotopic (exact) mass is 446 g/mol. The van der Waals surface area contributed by atoms with E-state index in [0.29, 0.717) is 35.3 Å². The second-order valence-electron chi connectivity index (χ2n) is 7.69. The molecule has 0 bridgehead atoms. The van der Waals surface area contributed by atoms with Crippen molar-refractivity contribution >= 4 is 28.9 Å². The van der Waals surface area contributed by atoms with Crippen LogP contribution >= 0.6 is 12.2 Å². The number of para-hydroxylation sites is 1. The molecular weight excluding hydrogens is 424 g/mol. The van der Waals surface area contributed by atoms with Crippen molar-refractivity contribution in [2.75, 3.05) is 19.1 Å². The first-order chi connectivity index (χ1) is 15.6. The molecule has 0 radical (unpaired) electrons. The van der Waals surface area contributed by atoms with Gasteiger partial charge in [0.25, 0.3) is 5.91 Å². The van der Waals surface area contributed by atoms with Gasteiger partial charge in [0.1, 0.15) is 17.5 Å². The van der Waals surface area contributed by atoms with Gasteiger partial charge < -0.3 is 19.1 Å². The third-order valence-corrected chi connectivity index (χ3v) is 6.27. The zero-order valence-electron chi connectivity index (χ0n) is 17.8. The SMILES string of the molecule is COc1cc2c(cc1OC)CN1C(=S)N(c3ccc(Oc4ccccc4)cc3)C(=O)[C@@H]1C2. The Kier molecular flexibility index (Phi) is 5.19. The summed E-state index contributed by atoms with van der Waals surface area (Å²) < 4.78 is 16.7. The average Bonchev–Trinajstić information content (AvgIpc) is 3.07. The topological polar surface area (TPSA) is 51.2 Å². The van der Waals surface area contributed by atoms with Gasteiger partial charge in [-0.05, 0) is 71.9 Å². The van der Waals surface area contributed by atoms with Crippen molar-refractivity contribution in [3.8, 4) is 23.0 Å². The molecule has 1 fully saturated rings. The van der Waals surface area contributed by atoms with Gasteiger partial charge in [-0.3, -0.25) is 9.69 Å². The maximum Gasteiger partial charge on any atom is 0.256 e. The Bertz CT molecular complexity index is 1130. The van der Waals surface area contributed by atoms with Crippen LogP contribution in [0.5, 0.6) is 23.0 Å². The molecule has 5 rings (SSSR count). The molecule has 32 heavy (non-hydrogen) atoms. The maximum absolute atomic E-state index is 13.3. The number of amides is 1. The second-order valence-corrected chi connectivity index (χ2v) is 8.05. The Labute approximate surface area is 191 Å². The van der Waals surface area contributed by atoms with E-state index >= 15 is 0 Å². The highest BCUT2D eigenvalue weighted by Crippen LogP contribution is 2.38. The van der Waals surface area contributed by atoms with Crippen molar-refractivity contribution in [2.24, 2.45) is 0 Å². The molecule has 0 saturated carbocycles. The van der Waals surface area contributed by atoms with Crippen molar-refractivity contribution in [3.63, 3.8) is 0 Å². The van der Waals surface area contributed by atoms with E-state index in [0.717, 1.165) is 22.6 Å². The van der Waals surface area contributed by atoms with Crippen molar-refractivity contribution in [2.45, 2.75) is 19.0 Å². The van der Waals surface area contributed by atoms with Crippen LogP contribution in [-0.4, -0.2) is 36.2 Å². The Morgan fingerprint density at radius 1 is 0.875 bits per heavy atom. The van der Waals surface area contributed by atoms with Gasteiger partial charge in [0.2, 0.25) is 0 Å². The fourth-order valence-corrected chi connectivity index (χ4v) is 4.62. The van der Waals surface area contributed by atoms with Gasteiger partial charge in [0.15, 0.2) is 16.6 Å². The molecule has 1 atom stereocenters. The van der Waals surface area contributed by atoms with Crippen LogP contribution in [0, 0.1) is 0 Å². The summed E-state index contributed by atoms with van der Waals surface area (Å²) in [6.45, 7) is 0.552. The third-order valence-electron chi connectivity index (χ3n) is 5.85. The Hall–Kier alpha value is -3.58. The molecule has 162 valence electrons. The van der Waals surface area contributed by atoms with Gasteiger partial charge in [0.05, 0.1) is 19.9 Å². The largest absolute Gasteiger partial charge is 0.493 e. The zero-order chi connectivity index (χ0) is 22.2. The number of hydrogen-bond donors (Lipinski definition) is 0. The average molecular weight is 447 g/mol. The molecule has 3 aromatic carbocycles. The summed E-state index contributed by atoms with van der Waals surface area (Å²) in [5, 5.41) is 0.511. The van der Waals surface area contributed by atoms with E-state index in [1.807, 2.05) is 71.6 Å². The van der Waals surface area contributed by atoms with Crippen LogP contribution in [0.3, 0.4) is 0 Å². The molecule has 2 aliphatic rings.